The summed E-state index contributed by atoms with van der Waals surface area (Å²) in [5, 5.41) is 1.51. The van der Waals surface area contributed by atoms with E-state index in [4.69, 9.17) is 10.6 Å². The zero-order valence-corrected chi connectivity index (χ0v) is 8.66. The molecule has 1 aliphatic carbocycles. The molecule has 2 aliphatic rings. The standard InChI is InChI=1S/C10H18N2O2/c1-10(5-2-4-8(10)11)9(13)12-6-3-7-14-12/h8H,2-7,11H2,1H3. The van der Waals surface area contributed by atoms with Crippen LogP contribution in [0, 0.1) is 5.41 Å². The Labute approximate surface area is 84.3 Å². The Morgan fingerprint density at radius 1 is 1.57 bits per heavy atom. The summed E-state index contributed by atoms with van der Waals surface area (Å²) in [7, 11) is 0. The Morgan fingerprint density at radius 2 is 2.36 bits per heavy atom. The topological polar surface area (TPSA) is 55.6 Å². The lowest BCUT2D eigenvalue weighted by Gasteiger charge is -2.30. The van der Waals surface area contributed by atoms with E-state index in [2.05, 4.69) is 0 Å². The number of rotatable bonds is 1. The van der Waals surface area contributed by atoms with Gasteiger partial charge in [0.2, 0.25) is 0 Å². The van der Waals surface area contributed by atoms with Crippen LogP contribution in [0.5, 0.6) is 0 Å². The van der Waals surface area contributed by atoms with Gasteiger partial charge >= 0.3 is 0 Å². The molecular weight excluding hydrogens is 180 g/mol. The van der Waals surface area contributed by atoms with Crippen LogP contribution in [0.3, 0.4) is 0 Å². The largest absolute Gasteiger partial charge is 0.327 e. The van der Waals surface area contributed by atoms with Gasteiger partial charge in [-0.05, 0) is 26.2 Å². The maximum absolute atomic E-state index is 12.1. The SMILES string of the molecule is CC1(C(=O)N2CCCO2)CCCC1N. The highest BCUT2D eigenvalue weighted by Crippen LogP contribution is 2.38. The van der Waals surface area contributed by atoms with Gasteiger partial charge in [0.25, 0.3) is 5.91 Å². The summed E-state index contributed by atoms with van der Waals surface area (Å²) in [5.74, 6) is 0.0833. The molecule has 14 heavy (non-hydrogen) atoms. The number of hydroxylamine groups is 2. The van der Waals surface area contributed by atoms with Crippen molar-refractivity contribution < 1.29 is 9.63 Å². The highest BCUT2D eigenvalue weighted by molar-refractivity contribution is 5.82. The lowest BCUT2D eigenvalue weighted by Crippen LogP contribution is -2.48. The predicted octanol–water partition coefficient (Wildman–Crippen LogP) is 0.668. The van der Waals surface area contributed by atoms with Gasteiger partial charge in [-0.2, -0.15) is 0 Å². The third-order valence-electron chi connectivity index (χ3n) is 3.50. The van der Waals surface area contributed by atoms with Crippen molar-refractivity contribution in [3.8, 4) is 0 Å². The van der Waals surface area contributed by atoms with Crippen LogP contribution in [0.1, 0.15) is 32.6 Å². The first-order valence-corrected chi connectivity index (χ1v) is 5.35. The molecule has 0 bridgehead atoms. The molecule has 0 aromatic rings. The predicted molar refractivity (Wildman–Crippen MR) is 52.2 cm³/mol. The molecule has 2 rings (SSSR count). The number of hydrogen-bond acceptors (Lipinski definition) is 3. The van der Waals surface area contributed by atoms with Crippen LogP contribution < -0.4 is 5.73 Å². The van der Waals surface area contributed by atoms with Crippen molar-refractivity contribution in [1.29, 1.82) is 0 Å². The molecule has 0 radical (unpaired) electrons. The van der Waals surface area contributed by atoms with Crippen LogP contribution in [0.15, 0.2) is 0 Å². The van der Waals surface area contributed by atoms with Gasteiger partial charge in [0.05, 0.1) is 18.6 Å². The Balaban J connectivity index is 2.08. The van der Waals surface area contributed by atoms with Gasteiger partial charge in [0.15, 0.2) is 0 Å². The average Bonchev–Trinajstić information content (AvgIpc) is 2.77. The summed E-state index contributed by atoms with van der Waals surface area (Å²) in [5.41, 5.74) is 5.59. The fourth-order valence-corrected chi connectivity index (χ4v) is 2.35. The molecule has 2 atom stereocenters. The summed E-state index contributed by atoms with van der Waals surface area (Å²) in [4.78, 5) is 17.4. The smallest absolute Gasteiger partial charge is 0.253 e. The molecule has 0 aromatic carbocycles. The molecule has 2 fully saturated rings. The Morgan fingerprint density at radius 3 is 2.86 bits per heavy atom. The molecule has 2 unspecified atom stereocenters. The first-order valence-electron chi connectivity index (χ1n) is 5.35. The monoisotopic (exact) mass is 198 g/mol. The minimum Gasteiger partial charge on any atom is -0.327 e. The van der Waals surface area contributed by atoms with Crippen LogP contribution in [0.2, 0.25) is 0 Å². The molecule has 1 saturated heterocycles. The fourth-order valence-electron chi connectivity index (χ4n) is 2.35. The second-order valence-electron chi connectivity index (χ2n) is 4.51. The fraction of sp³-hybridized carbons (Fsp3) is 0.900. The third kappa shape index (κ3) is 1.42. The molecule has 1 saturated carbocycles. The van der Waals surface area contributed by atoms with Crippen LogP contribution in [-0.2, 0) is 9.63 Å². The van der Waals surface area contributed by atoms with Gasteiger partial charge in [-0.3, -0.25) is 9.63 Å². The Bertz CT molecular complexity index is 238. The first kappa shape index (κ1) is 9.93. The van der Waals surface area contributed by atoms with E-state index < -0.39 is 0 Å². The lowest BCUT2D eigenvalue weighted by atomic mass is 9.84. The van der Waals surface area contributed by atoms with E-state index in [0.717, 1.165) is 32.2 Å². The number of carbonyl (C=O) groups excluding carboxylic acids is 1. The number of nitrogens with zero attached hydrogens (tertiary/aromatic N) is 1. The van der Waals surface area contributed by atoms with Crippen LogP contribution in [-0.4, -0.2) is 30.2 Å². The van der Waals surface area contributed by atoms with Crippen molar-refractivity contribution >= 4 is 5.91 Å². The third-order valence-corrected chi connectivity index (χ3v) is 3.50. The summed E-state index contributed by atoms with van der Waals surface area (Å²) in [6, 6.07) is -0.000741. The molecule has 4 nitrogen and oxygen atoms in total. The number of nitrogens with two attached hydrogens (primary N) is 1. The molecule has 0 aromatic heterocycles. The summed E-state index contributed by atoms with van der Waals surface area (Å²) >= 11 is 0. The van der Waals surface area contributed by atoms with Gasteiger partial charge in [-0.15, -0.1) is 0 Å². The van der Waals surface area contributed by atoms with Crippen molar-refractivity contribution in [3.05, 3.63) is 0 Å². The first-order chi connectivity index (χ1) is 6.64. The van der Waals surface area contributed by atoms with E-state index >= 15 is 0 Å². The van der Waals surface area contributed by atoms with Crippen LogP contribution in [0.25, 0.3) is 0 Å². The number of hydrogen-bond donors (Lipinski definition) is 1. The number of amides is 1. The lowest BCUT2D eigenvalue weighted by molar-refractivity contribution is -0.179. The van der Waals surface area contributed by atoms with Gasteiger partial charge in [0, 0.05) is 6.04 Å². The highest BCUT2D eigenvalue weighted by atomic mass is 16.7. The quantitative estimate of drug-likeness (QED) is 0.673. The second kappa shape index (κ2) is 3.51. The van der Waals surface area contributed by atoms with E-state index in [-0.39, 0.29) is 17.4 Å². The molecule has 1 heterocycles. The average molecular weight is 198 g/mol. The maximum atomic E-state index is 12.1. The second-order valence-corrected chi connectivity index (χ2v) is 4.51. The minimum atomic E-state index is -0.385. The van der Waals surface area contributed by atoms with E-state index in [1.807, 2.05) is 6.92 Å². The van der Waals surface area contributed by atoms with Gasteiger partial charge < -0.3 is 5.73 Å². The summed E-state index contributed by atoms with van der Waals surface area (Å²) < 4.78 is 0. The van der Waals surface area contributed by atoms with E-state index in [1.54, 1.807) is 0 Å². The molecule has 80 valence electrons. The van der Waals surface area contributed by atoms with E-state index in [0.29, 0.717) is 6.61 Å². The summed E-state index contributed by atoms with van der Waals surface area (Å²) in [6.45, 7) is 3.35. The van der Waals surface area contributed by atoms with Gasteiger partial charge in [-0.1, -0.05) is 6.42 Å². The minimum absolute atomic E-state index is 0.000741. The van der Waals surface area contributed by atoms with Crippen molar-refractivity contribution in [3.63, 3.8) is 0 Å². The van der Waals surface area contributed by atoms with E-state index in [9.17, 15) is 4.79 Å². The zero-order valence-electron chi connectivity index (χ0n) is 8.66. The number of carbonyl (C=O) groups is 1. The van der Waals surface area contributed by atoms with Crippen molar-refractivity contribution in [2.75, 3.05) is 13.2 Å². The molecule has 0 spiro atoms. The maximum Gasteiger partial charge on any atom is 0.253 e. The van der Waals surface area contributed by atoms with Crippen molar-refractivity contribution in [1.82, 2.24) is 5.06 Å². The Kier molecular flexibility index (Phi) is 2.49. The van der Waals surface area contributed by atoms with Crippen LogP contribution >= 0.6 is 0 Å². The van der Waals surface area contributed by atoms with Gasteiger partial charge in [0.1, 0.15) is 0 Å². The molecular formula is C10H18N2O2. The highest BCUT2D eigenvalue weighted by Gasteiger charge is 2.46. The molecule has 1 amide bonds. The molecule has 1 aliphatic heterocycles. The molecule has 4 heteroatoms. The van der Waals surface area contributed by atoms with Crippen LogP contribution in [0.4, 0.5) is 0 Å². The van der Waals surface area contributed by atoms with Crippen molar-refractivity contribution in [2.45, 2.75) is 38.6 Å². The Hall–Kier alpha value is -0.610. The normalized spacial score (nSPS) is 37.9. The van der Waals surface area contributed by atoms with Crippen molar-refractivity contribution in [2.24, 2.45) is 11.1 Å². The molecule has 2 N–H and O–H groups in total. The summed E-state index contributed by atoms with van der Waals surface area (Å²) in [6.07, 6.45) is 3.84. The van der Waals surface area contributed by atoms with E-state index in [1.165, 1.54) is 5.06 Å². The zero-order chi connectivity index (χ0) is 10.2. The van der Waals surface area contributed by atoms with Gasteiger partial charge in [-0.25, -0.2) is 5.06 Å².